The van der Waals surface area contributed by atoms with Gasteiger partial charge in [0.15, 0.2) is 0 Å². The van der Waals surface area contributed by atoms with Gasteiger partial charge in [0, 0.05) is 48.8 Å². The number of hydrogen-bond donors (Lipinski definition) is 3. The molecule has 0 aliphatic heterocycles. The van der Waals surface area contributed by atoms with Gasteiger partial charge in [0.2, 0.25) is 16.0 Å². The number of fused-ring (bicyclic) bond motifs is 1. The summed E-state index contributed by atoms with van der Waals surface area (Å²) >= 11 is 0. The molecule has 1 aromatic carbocycles. The Morgan fingerprint density at radius 3 is 2.66 bits per heavy atom. The number of sulfonamides is 1. The fourth-order valence-corrected chi connectivity index (χ4v) is 4.11. The number of pyridine rings is 1. The van der Waals surface area contributed by atoms with Gasteiger partial charge in [-0.1, -0.05) is 6.07 Å². The first-order chi connectivity index (χ1) is 17.8. The number of hydrogen-bond acceptors (Lipinski definition) is 8. The summed E-state index contributed by atoms with van der Waals surface area (Å²) in [6.45, 7) is 3.34. The van der Waals surface area contributed by atoms with Crippen LogP contribution in [0.3, 0.4) is 0 Å². The van der Waals surface area contributed by atoms with Gasteiger partial charge < -0.3 is 20.3 Å². The highest BCUT2D eigenvalue weighted by atomic mass is 32.2. The maximum Gasteiger partial charge on any atom is 0.254 e. The fraction of sp³-hybridized carbons (Fsp3) is 0.280. The summed E-state index contributed by atoms with van der Waals surface area (Å²) in [6.07, 6.45) is 6.06. The van der Waals surface area contributed by atoms with E-state index in [1.54, 1.807) is 24.5 Å². The minimum atomic E-state index is -3.50. The fourth-order valence-electron chi connectivity index (χ4n) is 3.63. The molecule has 1 amide bonds. The van der Waals surface area contributed by atoms with Gasteiger partial charge >= 0.3 is 0 Å². The molecule has 0 atom stereocenters. The third-order valence-electron chi connectivity index (χ3n) is 5.66. The average molecular weight is 542 g/mol. The zero-order valence-corrected chi connectivity index (χ0v) is 22.1. The van der Waals surface area contributed by atoms with E-state index in [2.05, 4.69) is 25.6 Å². The number of nitrogens with one attached hydrogen (secondary N) is 2. The van der Waals surface area contributed by atoms with E-state index in [0.717, 1.165) is 22.0 Å². The lowest BCUT2D eigenvalue weighted by Crippen LogP contribution is -2.38. The second-order valence-corrected chi connectivity index (χ2v) is 11.5. The van der Waals surface area contributed by atoms with Gasteiger partial charge in [0.25, 0.3) is 5.91 Å². The van der Waals surface area contributed by atoms with Crippen LogP contribution in [0.2, 0.25) is 0 Å². The molecule has 3 aromatic heterocycles. The SMILES string of the molecule is CN(c1ncccc1Cn1ccc2cnc(Nc3ccc(C(=O)NCC(C)(C)O)c(F)c3)nc21)S(C)(=O)=O. The molecule has 3 heterocycles. The van der Waals surface area contributed by atoms with Crippen LogP contribution in [0.1, 0.15) is 29.8 Å². The van der Waals surface area contributed by atoms with E-state index < -0.39 is 27.3 Å². The second-order valence-electron chi connectivity index (χ2n) is 9.45. The van der Waals surface area contributed by atoms with E-state index in [-0.39, 0.29) is 18.1 Å². The van der Waals surface area contributed by atoms with Gasteiger partial charge in [-0.05, 0) is 44.2 Å². The lowest BCUT2D eigenvalue weighted by molar-refractivity contribution is 0.0692. The van der Waals surface area contributed by atoms with Crippen LogP contribution < -0.4 is 14.9 Å². The Bertz CT molecular complexity index is 1600. The van der Waals surface area contributed by atoms with Crippen molar-refractivity contribution >= 4 is 44.4 Å². The van der Waals surface area contributed by atoms with Gasteiger partial charge in [-0.15, -0.1) is 0 Å². The molecular formula is C25H28FN7O4S. The molecule has 3 N–H and O–H groups in total. The van der Waals surface area contributed by atoms with Crippen molar-refractivity contribution in [2.24, 2.45) is 0 Å². The molecule has 0 unspecified atom stereocenters. The highest BCUT2D eigenvalue weighted by Crippen LogP contribution is 2.23. The molecule has 0 saturated carbocycles. The molecule has 0 aliphatic rings. The number of benzene rings is 1. The highest BCUT2D eigenvalue weighted by Gasteiger charge is 2.19. The van der Waals surface area contributed by atoms with Crippen molar-refractivity contribution < 1.29 is 22.7 Å². The van der Waals surface area contributed by atoms with Crippen LogP contribution in [0.5, 0.6) is 0 Å². The van der Waals surface area contributed by atoms with E-state index in [1.807, 2.05) is 10.6 Å². The molecular weight excluding hydrogens is 513 g/mol. The normalized spacial score (nSPS) is 11.9. The van der Waals surface area contributed by atoms with Gasteiger partial charge in [0.05, 0.1) is 24.0 Å². The lowest BCUT2D eigenvalue weighted by atomic mass is 10.1. The zero-order valence-electron chi connectivity index (χ0n) is 21.3. The first-order valence-electron chi connectivity index (χ1n) is 11.6. The zero-order chi connectivity index (χ0) is 27.7. The predicted octanol–water partition coefficient (Wildman–Crippen LogP) is 2.65. The number of carbonyl (C=O) groups excluding carboxylic acids is 1. The molecule has 13 heteroatoms. The number of aromatic nitrogens is 4. The van der Waals surface area contributed by atoms with E-state index >= 15 is 0 Å². The Hall–Kier alpha value is -4.10. The van der Waals surface area contributed by atoms with Crippen LogP contribution in [-0.4, -0.2) is 64.4 Å². The standard InChI is InChI=1S/C25H28FN7O4S/c1-25(2,35)15-29-23(34)19-8-7-18(12-20(19)26)30-24-28-13-16-9-11-33(22(16)31-24)14-17-6-5-10-27-21(17)32(3)38(4,36)37/h5-13,35H,14-15H2,1-4H3,(H,29,34)(H,28,30,31). The number of anilines is 3. The highest BCUT2D eigenvalue weighted by molar-refractivity contribution is 7.92. The predicted molar refractivity (Wildman–Crippen MR) is 142 cm³/mol. The monoisotopic (exact) mass is 541 g/mol. The summed E-state index contributed by atoms with van der Waals surface area (Å²) in [4.78, 5) is 25.3. The summed E-state index contributed by atoms with van der Waals surface area (Å²) in [5.74, 6) is -0.864. The number of rotatable bonds is 9. The Morgan fingerprint density at radius 1 is 1.21 bits per heavy atom. The first-order valence-corrected chi connectivity index (χ1v) is 13.4. The summed E-state index contributed by atoms with van der Waals surface area (Å²) in [5, 5.41) is 15.9. The number of nitrogens with zero attached hydrogens (tertiary/aromatic N) is 5. The summed E-state index contributed by atoms with van der Waals surface area (Å²) in [5.41, 5.74) is 0.303. The van der Waals surface area contributed by atoms with Crippen LogP contribution in [0.15, 0.2) is 55.0 Å². The maximum atomic E-state index is 14.7. The molecule has 0 saturated heterocycles. The first kappa shape index (κ1) is 26.9. The van der Waals surface area contributed by atoms with Crippen molar-refractivity contribution in [2.45, 2.75) is 26.0 Å². The van der Waals surface area contributed by atoms with E-state index in [1.165, 1.54) is 39.2 Å². The van der Waals surface area contributed by atoms with Crippen molar-refractivity contribution in [1.29, 1.82) is 0 Å². The molecule has 0 fully saturated rings. The molecule has 0 bridgehead atoms. The van der Waals surface area contributed by atoms with E-state index in [9.17, 15) is 22.7 Å². The van der Waals surface area contributed by atoms with Crippen molar-refractivity contribution in [3.63, 3.8) is 0 Å². The summed E-state index contributed by atoms with van der Waals surface area (Å²) < 4.78 is 41.7. The molecule has 4 rings (SSSR count). The number of aliphatic hydroxyl groups is 1. The van der Waals surface area contributed by atoms with Gasteiger partial charge in [-0.25, -0.2) is 22.8 Å². The van der Waals surface area contributed by atoms with Crippen molar-refractivity contribution in [3.05, 3.63) is 71.9 Å². The molecule has 38 heavy (non-hydrogen) atoms. The summed E-state index contributed by atoms with van der Waals surface area (Å²) in [6, 6.07) is 9.37. The number of carbonyl (C=O) groups is 1. The van der Waals surface area contributed by atoms with Crippen LogP contribution in [0.4, 0.5) is 21.8 Å². The molecule has 0 aliphatic carbocycles. The number of halogens is 1. The molecule has 11 nitrogen and oxygen atoms in total. The van der Waals surface area contributed by atoms with Crippen LogP contribution in [0.25, 0.3) is 11.0 Å². The largest absolute Gasteiger partial charge is 0.389 e. The second kappa shape index (κ2) is 10.3. The minimum absolute atomic E-state index is 0.0240. The summed E-state index contributed by atoms with van der Waals surface area (Å²) in [7, 11) is -2.06. The Kier molecular flexibility index (Phi) is 7.33. The molecule has 4 aromatic rings. The van der Waals surface area contributed by atoms with Crippen LogP contribution in [-0.2, 0) is 16.6 Å². The van der Waals surface area contributed by atoms with E-state index in [4.69, 9.17) is 0 Å². The van der Waals surface area contributed by atoms with Crippen molar-refractivity contribution in [2.75, 3.05) is 29.5 Å². The number of amides is 1. The van der Waals surface area contributed by atoms with E-state index in [0.29, 0.717) is 29.3 Å². The van der Waals surface area contributed by atoms with Gasteiger partial charge in [-0.3, -0.25) is 9.10 Å². The Morgan fingerprint density at radius 2 is 1.97 bits per heavy atom. The molecule has 200 valence electrons. The lowest BCUT2D eigenvalue weighted by Gasteiger charge is -2.19. The molecule has 0 spiro atoms. The Balaban J connectivity index is 1.56. The maximum absolute atomic E-state index is 14.7. The van der Waals surface area contributed by atoms with Crippen LogP contribution >= 0.6 is 0 Å². The van der Waals surface area contributed by atoms with Crippen molar-refractivity contribution in [1.82, 2.24) is 24.8 Å². The quantitative estimate of drug-likeness (QED) is 0.294. The Labute approximate surface area is 219 Å². The third-order valence-corrected chi connectivity index (χ3v) is 6.83. The third kappa shape index (κ3) is 6.23. The van der Waals surface area contributed by atoms with Crippen LogP contribution in [0, 0.1) is 5.82 Å². The van der Waals surface area contributed by atoms with Crippen molar-refractivity contribution in [3.8, 4) is 0 Å². The minimum Gasteiger partial charge on any atom is -0.389 e. The topological polar surface area (TPSA) is 142 Å². The van der Waals surface area contributed by atoms with Gasteiger partial charge in [-0.2, -0.15) is 4.98 Å². The van der Waals surface area contributed by atoms with Gasteiger partial charge in [0.1, 0.15) is 17.3 Å². The molecule has 0 radical (unpaired) electrons. The average Bonchev–Trinajstić information content (AvgIpc) is 3.23. The smallest absolute Gasteiger partial charge is 0.254 e.